The quantitative estimate of drug-likeness (QED) is 0.859. The molecule has 0 bridgehead atoms. The van der Waals surface area contributed by atoms with E-state index in [4.69, 9.17) is 0 Å². The van der Waals surface area contributed by atoms with E-state index in [1.807, 2.05) is 0 Å². The van der Waals surface area contributed by atoms with Gasteiger partial charge < -0.3 is 10.6 Å². The molecule has 0 radical (unpaired) electrons. The van der Waals surface area contributed by atoms with Crippen molar-refractivity contribution in [3.05, 3.63) is 59.5 Å². The first-order valence-corrected chi connectivity index (χ1v) is 6.91. The molecular formula is C16H18FN3O. The van der Waals surface area contributed by atoms with Gasteiger partial charge >= 0.3 is 0 Å². The summed E-state index contributed by atoms with van der Waals surface area (Å²) in [6, 6.07) is 9.43. The summed E-state index contributed by atoms with van der Waals surface area (Å²) >= 11 is 0. The van der Waals surface area contributed by atoms with Gasteiger partial charge in [-0.15, -0.1) is 0 Å². The molecule has 110 valence electrons. The van der Waals surface area contributed by atoms with Crippen LogP contribution in [0.25, 0.3) is 0 Å². The molecule has 21 heavy (non-hydrogen) atoms. The van der Waals surface area contributed by atoms with Gasteiger partial charge in [0, 0.05) is 24.8 Å². The Labute approximate surface area is 123 Å². The molecule has 5 heteroatoms. The summed E-state index contributed by atoms with van der Waals surface area (Å²) in [5, 5.41) is 5.94. The number of aromatic nitrogens is 1. The standard InChI is InChI=1S/C16H18FN3O/c1-2-8-18-15-10-13(7-9-19-15)16(21)20-11-12-3-5-14(17)6-4-12/h3-7,9-10H,2,8,11H2,1H3,(H,18,19)(H,20,21). The van der Waals surface area contributed by atoms with Gasteiger partial charge in [0.15, 0.2) is 0 Å². The number of carbonyl (C=O) groups is 1. The van der Waals surface area contributed by atoms with E-state index in [1.165, 1.54) is 12.1 Å². The Morgan fingerprint density at radius 1 is 1.24 bits per heavy atom. The molecule has 0 atom stereocenters. The minimum Gasteiger partial charge on any atom is -0.370 e. The second kappa shape index (κ2) is 7.38. The van der Waals surface area contributed by atoms with Gasteiger partial charge in [-0.25, -0.2) is 9.37 Å². The van der Waals surface area contributed by atoms with E-state index in [1.54, 1.807) is 30.5 Å². The van der Waals surface area contributed by atoms with Crippen LogP contribution in [-0.2, 0) is 6.54 Å². The molecule has 0 aliphatic rings. The zero-order chi connectivity index (χ0) is 15.1. The predicted molar refractivity (Wildman–Crippen MR) is 80.6 cm³/mol. The van der Waals surface area contributed by atoms with Crippen LogP contribution in [0.2, 0.25) is 0 Å². The van der Waals surface area contributed by atoms with Crippen LogP contribution in [-0.4, -0.2) is 17.4 Å². The van der Waals surface area contributed by atoms with Crippen LogP contribution >= 0.6 is 0 Å². The van der Waals surface area contributed by atoms with E-state index in [-0.39, 0.29) is 11.7 Å². The monoisotopic (exact) mass is 287 g/mol. The van der Waals surface area contributed by atoms with Gasteiger partial charge in [-0.1, -0.05) is 19.1 Å². The van der Waals surface area contributed by atoms with Gasteiger partial charge in [0.25, 0.3) is 5.91 Å². The average molecular weight is 287 g/mol. The zero-order valence-corrected chi connectivity index (χ0v) is 11.9. The van der Waals surface area contributed by atoms with Crippen molar-refractivity contribution in [2.24, 2.45) is 0 Å². The number of halogens is 1. The van der Waals surface area contributed by atoms with E-state index in [9.17, 15) is 9.18 Å². The third-order valence-electron chi connectivity index (χ3n) is 2.94. The molecule has 0 aliphatic heterocycles. The van der Waals surface area contributed by atoms with Gasteiger partial charge in [-0.05, 0) is 36.2 Å². The molecule has 0 saturated carbocycles. The highest BCUT2D eigenvalue weighted by molar-refractivity contribution is 5.94. The van der Waals surface area contributed by atoms with Crippen LogP contribution in [0, 0.1) is 5.82 Å². The second-order valence-corrected chi connectivity index (χ2v) is 4.67. The Morgan fingerprint density at radius 2 is 2.00 bits per heavy atom. The van der Waals surface area contributed by atoms with Crippen molar-refractivity contribution in [1.82, 2.24) is 10.3 Å². The largest absolute Gasteiger partial charge is 0.370 e. The summed E-state index contributed by atoms with van der Waals surface area (Å²) in [5.74, 6) is 0.221. The van der Waals surface area contributed by atoms with Gasteiger partial charge in [0.2, 0.25) is 0 Å². The van der Waals surface area contributed by atoms with E-state index in [2.05, 4.69) is 22.5 Å². The molecule has 0 spiro atoms. The summed E-state index contributed by atoms with van der Waals surface area (Å²) in [4.78, 5) is 16.2. The lowest BCUT2D eigenvalue weighted by Crippen LogP contribution is -2.23. The summed E-state index contributed by atoms with van der Waals surface area (Å²) in [5.41, 5.74) is 1.40. The SMILES string of the molecule is CCCNc1cc(C(=O)NCc2ccc(F)cc2)ccn1. The number of nitrogens with zero attached hydrogens (tertiary/aromatic N) is 1. The zero-order valence-electron chi connectivity index (χ0n) is 11.9. The molecule has 0 aliphatic carbocycles. The highest BCUT2D eigenvalue weighted by Crippen LogP contribution is 2.08. The first kappa shape index (κ1) is 15.0. The van der Waals surface area contributed by atoms with E-state index in [0.29, 0.717) is 17.9 Å². The first-order valence-electron chi connectivity index (χ1n) is 6.91. The number of carbonyl (C=O) groups excluding carboxylic acids is 1. The van der Waals surface area contributed by atoms with Crippen molar-refractivity contribution in [3.8, 4) is 0 Å². The molecule has 4 nitrogen and oxygen atoms in total. The highest BCUT2D eigenvalue weighted by Gasteiger charge is 2.06. The van der Waals surface area contributed by atoms with Crippen LogP contribution < -0.4 is 10.6 Å². The summed E-state index contributed by atoms with van der Waals surface area (Å²) in [6.45, 7) is 3.24. The molecule has 0 unspecified atom stereocenters. The molecule has 1 aromatic heterocycles. The predicted octanol–water partition coefficient (Wildman–Crippen LogP) is 2.97. The summed E-state index contributed by atoms with van der Waals surface area (Å²) in [6.07, 6.45) is 2.59. The van der Waals surface area contributed by atoms with Gasteiger partial charge in [0.1, 0.15) is 11.6 Å². The third-order valence-corrected chi connectivity index (χ3v) is 2.94. The number of amides is 1. The van der Waals surface area contributed by atoms with E-state index in [0.717, 1.165) is 18.5 Å². The molecule has 0 fully saturated rings. The number of nitrogens with one attached hydrogen (secondary N) is 2. The van der Waals surface area contributed by atoms with Crippen molar-refractivity contribution >= 4 is 11.7 Å². The summed E-state index contributed by atoms with van der Waals surface area (Å²) in [7, 11) is 0. The van der Waals surface area contributed by atoms with Crippen LogP contribution in [0.4, 0.5) is 10.2 Å². The molecule has 0 saturated heterocycles. The van der Waals surface area contributed by atoms with Crippen LogP contribution in [0.3, 0.4) is 0 Å². The number of benzene rings is 1. The minimum absolute atomic E-state index is 0.179. The molecule has 1 aromatic carbocycles. The van der Waals surface area contributed by atoms with Gasteiger partial charge in [-0.3, -0.25) is 4.79 Å². The first-order chi connectivity index (χ1) is 10.2. The Hall–Kier alpha value is -2.43. The maximum absolute atomic E-state index is 12.8. The number of hydrogen-bond donors (Lipinski definition) is 2. The fourth-order valence-electron chi connectivity index (χ4n) is 1.81. The molecule has 1 heterocycles. The number of hydrogen-bond acceptors (Lipinski definition) is 3. The maximum Gasteiger partial charge on any atom is 0.251 e. The van der Waals surface area contributed by atoms with Crippen molar-refractivity contribution in [2.45, 2.75) is 19.9 Å². The maximum atomic E-state index is 12.8. The minimum atomic E-state index is -0.286. The Morgan fingerprint density at radius 3 is 2.71 bits per heavy atom. The molecule has 2 N–H and O–H groups in total. The lowest BCUT2D eigenvalue weighted by atomic mass is 10.2. The number of pyridine rings is 1. The van der Waals surface area contributed by atoms with Crippen molar-refractivity contribution < 1.29 is 9.18 Å². The topological polar surface area (TPSA) is 54.0 Å². The van der Waals surface area contributed by atoms with Crippen LogP contribution in [0.15, 0.2) is 42.6 Å². The molecule has 1 amide bonds. The highest BCUT2D eigenvalue weighted by atomic mass is 19.1. The molecule has 2 rings (SSSR count). The van der Waals surface area contributed by atoms with Gasteiger partial charge in [0.05, 0.1) is 0 Å². The van der Waals surface area contributed by atoms with Gasteiger partial charge in [-0.2, -0.15) is 0 Å². The Balaban J connectivity index is 1.95. The smallest absolute Gasteiger partial charge is 0.251 e. The van der Waals surface area contributed by atoms with Crippen molar-refractivity contribution in [3.63, 3.8) is 0 Å². The average Bonchev–Trinajstić information content (AvgIpc) is 2.52. The number of anilines is 1. The van der Waals surface area contributed by atoms with E-state index >= 15 is 0 Å². The van der Waals surface area contributed by atoms with Crippen molar-refractivity contribution in [1.29, 1.82) is 0 Å². The Kier molecular flexibility index (Phi) is 5.26. The lowest BCUT2D eigenvalue weighted by Gasteiger charge is -2.08. The van der Waals surface area contributed by atoms with Crippen LogP contribution in [0.5, 0.6) is 0 Å². The molecular weight excluding hydrogens is 269 g/mol. The van der Waals surface area contributed by atoms with E-state index < -0.39 is 0 Å². The van der Waals surface area contributed by atoms with Crippen LogP contribution in [0.1, 0.15) is 29.3 Å². The molecule has 2 aromatic rings. The lowest BCUT2D eigenvalue weighted by molar-refractivity contribution is 0.0951. The summed E-state index contributed by atoms with van der Waals surface area (Å²) < 4.78 is 12.8. The fraction of sp³-hybridized carbons (Fsp3) is 0.250. The Bertz CT molecular complexity index is 599. The number of rotatable bonds is 6. The second-order valence-electron chi connectivity index (χ2n) is 4.67. The third kappa shape index (κ3) is 4.56. The van der Waals surface area contributed by atoms with Crippen molar-refractivity contribution in [2.75, 3.05) is 11.9 Å². The fourth-order valence-corrected chi connectivity index (χ4v) is 1.81. The normalized spacial score (nSPS) is 10.2.